The molecule has 2 aliphatic heterocycles. The number of hydrogen-bond acceptors (Lipinski definition) is 9. The summed E-state index contributed by atoms with van der Waals surface area (Å²) in [6, 6.07) is 19.0. The van der Waals surface area contributed by atoms with E-state index in [1.807, 2.05) is 60.7 Å². The van der Waals surface area contributed by atoms with Crippen molar-refractivity contribution in [1.29, 1.82) is 0 Å². The molecule has 0 aliphatic carbocycles. The van der Waals surface area contributed by atoms with Crippen molar-refractivity contribution in [2.24, 2.45) is 5.73 Å². The summed E-state index contributed by atoms with van der Waals surface area (Å²) in [7, 11) is 1.40. The van der Waals surface area contributed by atoms with Crippen LogP contribution in [0.2, 0.25) is 0 Å². The summed E-state index contributed by atoms with van der Waals surface area (Å²) in [6.07, 6.45) is 0.962. The van der Waals surface area contributed by atoms with Crippen LogP contribution in [0.3, 0.4) is 0 Å². The molecule has 0 radical (unpaired) electrons. The Labute approximate surface area is 210 Å². The molecule has 180 valence electrons. The number of H-pyrrole nitrogens is 1. The van der Waals surface area contributed by atoms with Gasteiger partial charge in [-0.2, -0.15) is 10.3 Å². The molecule has 1 amide bonds. The molecule has 1 saturated heterocycles. The zero-order valence-corrected chi connectivity index (χ0v) is 20.4. The first-order chi connectivity index (χ1) is 17.0. The lowest BCUT2D eigenvalue weighted by Gasteiger charge is -2.54. The Bertz CT molecular complexity index is 1200. The summed E-state index contributed by atoms with van der Waals surface area (Å²) in [4.78, 5) is 28.2. The maximum atomic E-state index is 13.8. The first kappa shape index (κ1) is 23.6. The molecule has 3 aromatic rings. The normalized spacial score (nSPS) is 21.6. The fraction of sp³-hybridized carbons (Fsp3) is 0.250. The molecule has 35 heavy (non-hydrogen) atoms. The van der Waals surface area contributed by atoms with Gasteiger partial charge in [-0.15, -0.1) is 16.9 Å². The largest absolute Gasteiger partial charge is 0.448 e. The predicted octanol–water partition coefficient (Wildman–Crippen LogP) is 2.70. The lowest BCUT2D eigenvalue weighted by Crippen LogP contribution is -2.78. The number of amides is 1. The number of esters is 1. The Kier molecular flexibility index (Phi) is 6.65. The zero-order chi connectivity index (χ0) is 24.4. The Hall–Kier alpha value is -3.12. The molecule has 0 saturated carbocycles. The number of methoxy groups -OCH3 is 1. The number of β-lactam (4-membered cyclic amide) rings is 1. The van der Waals surface area contributed by atoms with Crippen LogP contribution in [-0.2, 0) is 19.1 Å². The van der Waals surface area contributed by atoms with E-state index >= 15 is 0 Å². The van der Waals surface area contributed by atoms with Gasteiger partial charge in [0, 0.05) is 18.6 Å². The van der Waals surface area contributed by atoms with Gasteiger partial charge in [0.1, 0.15) is 16.1 Å². The first-order valence-corrected chi connectivity index (χ1v) is 12.9. The average molecular weight is 510 g/mol. The maximum absolute atomic E-state index is 13.8. The highest BCUT2D eigenvalue weighted by Crippen LogP contribution is 2.46. The lowest BCUT2D eigenvalue weighted by molar-refractivity contribution is -0.183. The summed E-state index contributed by atoms with van der Waals surface area (Å²) >= 11 is 2.87. The van der Waals surface area contributed by atoms with E-state index in [2.05, 4.69) is 15.4 Å². The number of carbonyl (C=O) groups excluding carboxylic acids is 2. The monoisotopic (exact) mass is 509 g/mol. The molecule has 0 bridgehead atoms. The SMILES string of the molecule is CO[C@@]1(N)C(=O)N2C(C(=O)OC(c3ccccc3)c3ccccc3)=C(CSc3cn[nH]n3)CS[C@@H]21. The molecular weight excluding hydrogens is 486 g/mol. The zero-order valence-electron chi connectivity index (χ0n) is 18.8. The number of thioether (sulfide) groups is 2. The second kappa shape index (κ2) is 9.86. The van der Waals surface area contributed by atoms with Gasteiger partial charge in [0.15, 0.2) is 6.10 Å². The summed E-state index contributed by atoms with van der Waals surface area (Å²) < 4.78 is 11.4. The number of nitrogens with one attached hydrogen (secondary N) is 1. The third-order valence-corrected chi connectivity index (χ3v) is 8.27. The van der Waals surface area contributed by atoms with Gasteiger partial charge < -0.3 is 9.47 Å². The van der Waals surface area contributed by atoms with E-state index in [0.29, 0.717) is 16.5 Å². The van der Waals surface area contributed by atoms with Gasteiger partial charge in [-0.25, -0.2) is 4.79 Å². The second-order valence-corrected chi connectivity index (χ2v) is 10.1. The molecule has 11 heteroatoms. The van der Waals surface area contributed by atoms with Gasteiger partial charge in [-0.3, -0.25) is 15.4 Å². The van der Waals surface area contributed by atoms with Crippen molar-refractivity contribution in [3.05, 3.63) is 89.3 Å². The van der Waals surface area contributed by atoms with Crippen LogP contribution in [0.5, 0.6) is 0 Å². The quantitative estimate of drug-likeness (QED) is 0.204. The third kappa shape index (κ3) is 4.36. The molecular formula is C24H23N5O4S2. The van der Waals surface area contributed by atoms with Crippen LogP contribution < -0.4 is 5.73 Å². The fourth-order valence-electron chi connectivity index (χ4n) is 4.07. The number of ether oxygens (including phenoxy) is 2. The molecule has 0 spiro atoms. The molecule has 9 nitrogen and oxygen atoms in total. The fourth-order valence-corrected chi connectivity index (χ4v) is 6.39. The highest BCUT2D eigenvalue weighted by Gasteiger charge is 2.63. The number of benzene rings is 2. The van der Waals surface area contributed by atoms with Gasteiger partial charge in [-0.05, 0) is 16.7 Å². The number of fused-ring (bicyclic) bond motifs is 1. The molecule has 3 N–H and O–H groups in total. The predicted molar refractivity (Wildman–Crippen MR) is 132 cm³/mol. The van der Waals surface area contributed by atoms with Crippen molar-refractivity contribution in [2.45, 2.75) is 22.2 Å². The minimum atomic E-state index is -1.47. The van der Waals surface area contributed by atoms with Gasteiger partial charge in [0.25, 0.3) is 5.91 Å². The van der Waals surface area contributed by atoms with Crippen molar-refractivity contribution in [3.8, 4) is 0 Å². The summed E-state index contributed by atoms with van der Waals surface area (Å²) in [5.74, 6) is -0.126. The highest BCUT2D eigenvalue weighted by molar-refractivity contribution is 8.01. The molecule has 2 aromatic carbocycles. The van der Waals surface area contributed by atoms with Gasteiger partial charge in [0.2, 0.25) is 5.72 Å². The maximum Gasteiger partial charge on any atom is 0.356 e. The van der Waals surface area contributed by atoms with Crippen LogP contribution in [0.25, 0.3) is 0 Å². The van der Waals surface area contributed by atoms with Crippen LogP contribution in [0.4, 0.5) is 0 Å². The van der Waals surface area contributed by atoms with E-state index in [-0.39, 0.29) is 5.70 Å². The van der Waals surface area contributed by atoms with Gasteiger partial charge in [-0.1, -0.05) is 72.4 Å². The standard InChI is InChI=1S/C24H23N5O4S2/c1-32-24(25)22(31)29-19(17(14-35-23(24)29)13-34-18-12-26-28-27-18)21(30)33-20(15-8-4-2-5-9-15)16-10-6-3-7-11-16/h2-12,20,23H,13-14,25H2,1H3,(H,26,27,28)/t23-,24+/m1/s1. The number of nitrogens with zero attached hydrogens (tertiary/aromatic N) is 3. The number of nitrogens with two attached hydrogens (primary N) is 1. The van der Waals surface area contributed by atoms with Crippen LogP contribution >= 0.6 is 23.5 Å². The lowest BCUT2D eigenvalue weighted by atomic mass is 9.99. The van der Waals surface area contributed by atoms with Crippen LogP contribution in [0.1, 0.15) is 17.2 Å². The van der Waals surface area contributed by atoms with Crippen molar-refractivity contribution in [1.82, 2.24) is 20.3 Å². The van der Waals surface area contributed by atoms with Gasteiger partial charge in [0.05, 0.1) is 6.20 Å². The highest BCUT2D eigenvalue weighted by atomic mass is 32.2. The Balaban J connectivity index is 1.49. The van der Waals surface area contributed by atoms with Crippen LogP contribution in [0.15, 0.2) is 83.2 Å². The second-order valence-electron chi connectivity index (χ2n) is 7.99. The smallest absolute Gasteiger partial charge is 0.356 e. The number of carbonyl (C=O) groups is 2. The minimum Gasteiger partial charge on any atom is -0.448 e. The van der Waals surface area contributed by atoms with Gasteiger partial charge >= 0.3 is 5.97 Å². The molecule has 2 atom stereocenters. The van der Waals surface area contributed by atoms with E-state index < -0.39 is 29.1 Å². The van der Waals surface area contributed by atoms with E-state index in [1.54, 1.807) is 6.20 Å². The Morgan fingerprint density at radius 2 is 1.89 bits per heavy atom. The van der Waals surface area contributed by atoms with Crippen LogP contribution in [0, 0.1) is 0 Å². The molecule has 2 aliphatic rings. The van der Waals surface area contributed by atoms with Crippen molar-refractivity contribution >= 4 is 35.4 Å². The summed E-state index contributed by atoms with van der Waals surface area (Å²) in [6.45, 7) is 0. The Morgan fingerprint density at radius 1 is 1.23 bits per heavy atom. The van der Waals surface area contributed by atoms with E-state index in [1.165, 1.54) is 35.5 Å². The average Bonchev–Trinajstić information content (AvgIpc) is 3.44. The number of aromatic amines is 1. The summed E-state index contributed by atoms with van der Waals surface area (Å²) in [5.41, 5.74) is 7.36. The molecule has 3 heterocycles. The third-order valence-electron chi connectivity index (χ3n) is 5.89. The van der Waals surface area contributed by atoms with Crippen molar-refractivity contribution < 1.29 is 19.1 Å². The molecule has 0 unspecified atom stereocenters. The Morgan fingerprint density at radius 3 is 2.46 bits per heavy atom. The molecule has 1 fully saturated rings. The van der Waals surface area contributed by atoms with E-state index in [4.69, 9.17) is 15.2 Å². The molecule has 1 aromatic heterocycles. The molecule has 5 rings (SSSR count). The first-order valence-electron chi connectivity index (χ1n) is 10.8. The van der Waals surface area contributed by atoms with E-state index in [9.17, 15) is 9.59 Å². The number of hydrogen-bond donors (Lipinski definition) is 2. The van der Waals surface area contributed by atoms with Crippen LogP contribution in [-0.4, -0.2) is 61.9 Å². The summed E-state index contributed by atoms with van der Waals surface area (Å²) in [5, 5.41) is 10.6. The van der Waals surface area contributed by atoms with Crippen molar-refractivity contribution in [2.75, 3.05) is 18.6 Å². The number of aromatic nitrogens is 3. The number of rotatable bonds is 8. The van der Waals surface area contributed by atoms with Crippen molar-refractivity contribution in [3.63, 3.8) is 0 Å². The minimum absolute atomic E-state index is 0.213. The topological polar surface area (TPSA) is 123 Å². The van der Waals surface area contributed by atoms with E-state index in [0.717, 1.165) is 16.7 Å².